The zero-order valence-corrected chi connectivity index (χ0v) is 13.4. The maximum absolute atomic E-state index is 13.9. The average Bonchev–Trinajstić information content (AvgIpc) is 2.54. The number of halogens is 5. The van der Waals surface area contributed by atoms with Gasteiger partial charge in [-0.05, 0) is 30.7 Å². The van der Waals surface area contributed by atoms with E-state index in [0.29, 0.717) is 43.2 Å². The monoisotopic (exact) mass is 357 g/mol. The minimum atomic E-state index is -4.42. The van der Waals surface area contributed by atoms with E-state index in [2.05, 4.69) is 4.98 Å². The van der Waals surface area contributed by atoms with E-state index in [-0.39, 0.29) is 0 Å². The van der Waals surface area contributed by atoms with Crippen LogP contribution in [0.1, 0.15) is 11.1 Å². The van der Waals surface area contributed by atoms with Gasteiger partial charge in [-0.15, -0.1) is 0 Å². The first kappa shape index (κ1) is 17.4. The Labute approximate surface area is 141 Å². The van der Waals surface area contributed by atoms with Crippen molar-refractivity contribution < 1.29 is 22.0 Å². The Hall–Kier alpha value is -2.38. The molecule has 2 heterocycles. The topological polar surface area (TPSA) is 19.4 Å². The summed E-state index contributed by atoms with van der Waals surface area (Å²) in [6.07, 6.45) is -3.59. The van der Waals surface area contributed by atoms with Crippen LogP contribution in [0, 0.1) is 18.6 Å². The molecule has 0 N–H and O–H groups in total. The molecule has 1 aromatic carbocycles. The van der Waals surface area contributed by atoms with Crippen molar-refractivity contribution in [1.82, 2.24) is 4.98 Å². The van der Waals surface area contributed by atoms with Gasteiger partial charge in [0, 0.05) is 38.4 Å². The normalized spacial score (nSPS) is 15.6. The molecule has 0 saturated carbocycles. The molecule has 1 fully saturated rings. The van der Waals surface area contributed by atoms with Crippen molar-refractivity contribution in [3.63, 3.8) is 0 Å². The van der Waals surface area contributed by atoms with Crippen LogP contribution in [0.3, 0.4) is 0 Å². The van der Waals surface area contributed by atoms with Gasteiger partial charge in [0.1, 0.15) is 17.5 Å². The number of hydrogen-bond acceptors (Lipinski definition) is 3. The Bertz CT molecular complexity index is 767. The Morgan fingerprint density at radius 2 is 1.60 bits per heavy atom. The Balaban J connectivity index is 1.72. The summed E-state index contributed by atoms with van der Waals surface area (Å²) in [6.45, 7) is 3.48. The molecule has 8 heteroatoms. The lowest BCUT2D eigenvalue weighted by Gasteiger charge is -2.37. The van der Waals surface area contributed by atoms with Crippen molar-refractivity contribution in [3.05, 3.63) is 53.2 Å². The summed E-state index contributed by atoms with van der Waals surface area (Å²) in [5, 5.41) is 0. The number of aromatic nitrogens is 1. The number of rotatable bonds is 2. The van der Waals surface area contributed by atoms with Crippen LogP contribution in [0.25, 0.3) is 0 Å². The van der Waals surface area contributed by atoms with E-state index in [4.69, 9.17) is 0 Å². The zero-order valence-electron chi connectivity index (χ0n) is 13.4. The first-order chi connectivity index (χ1) is 11.8. The highest BCUT2D eigenvalue weighted by atomic mass is 19.4. The molecule has 134 valence electrons. The Morgan fingerprint density at radius 1 is 0.960 bits per heavy atom. The molecule has 0 radical (unpaired) electrons. The molecule has 1 aliphatic heterocycles. The van der Waals surface area contributed by atoms with Crippen molar-refractivity contribution >= 4 is 11.5 Å². The number of benzene rings is 1. The third-order valence-corrected chi connectivity index (χ3v) is 4.21. The van der Waals surface area contributed by atoms with Crippen molar-refractivity contribution in [2.24, 2.45) is 0 Å². The summed E-state index contributed by atoms with van der Waals surface area (Å²) < 4.78 is 65.0. The molecular formula is C17H16F5N3. The number of aryl methyl sites for hydroxylation is 1. The van der Waals surface area contributed by atoms with Gasteiger partial charge in [0.15, 0.2) is 0 Å². The van der Waals surface area contributed by atoms with Crippen LogP contribution in [0.5, 0.6) is 0 Å². The van der Waals surface area contributed by atoms with E-state index >= 15 is 0 Å². The molecule has 0 aliphatic carbocycles. The maximum Gasteiger partial charge on any atom is 0.417 e. The second kappa shape index (κ2) is 6.50. The second-order valence-electron chi connectivity index (χ2n) is 5.93. The number of nitrogens with zero attached hydrogens (tertiary/aromatic N) is 3. The molecule has 1 aromatic heterocycles. The zero-order chi connectivity index (χ0) is 18.2. The van der Waals surface area contributed by atoms with Crippen LogP contribution >= 0.6 is 0 Å². The van der Waals surface area contributed by atoms with Crippen molar-refractivity contribution in [1.29, 1.82) is 0 Å². The molecule has 25 heavy (non-hydrogen) atoms. The minimum Gasteiger partial charge on any atom is -0.366 e. The van der Waals surface area contributed by atoms with Gasteiger partial charge in [0.25, 0.3) is 0 Å². The molecule has 0 unspecified atom stereocenters. The van der Waals surface area contributed by atoms with Gasteiger partial charge >= 0.3 is 6.18 Å². The van der Waals surface area contributed by atoms with Crippen LogP contribution in [0.15, 0.2) is 30.5 Å². The molecule has 0 bridgehead atoms. The fraction of sp³-hybridized carbons (Fsp3) is 0.353. The lowest BCUT2D eigenvalue weighted by Crippen LogP contribution is -2.47. The van der Waals surface area contributed by atoms with Crippen LogP contribution in [0.2, 0.25) is 0 Å². The third kappa shape index (κ3) is 3.67. The van der Waals surface area contributed by atoms with Crippen molar-refractivity contribution in [3.8, 4) is 0 Å². The summed E-state index contributed by atoms with van der Waals surface area (Å²) in [4.78, 5) is 7.61. The fourth-order valence-electron chi connectivity index (χ4n) is 2.95. The molecule has 3 nitrogen and oxygen atoms in total. The Morgan fingerprint density at radius 3 is 2.16 bits per heavy atom. The summed E-state index contributed by atoms with van der Waals surface area (Å²) >= 11 is 0. The second-order valence-corrected chi connectivity index (χ2v) is 5.93. The lowest BCUT2D eigenvalue weighted by molar-refractivity contribution is -0.137. The molecule has 0 atom stereocenters. The molecule has 0 spiro atoms. The van der Waals surface area contributed by atoms with E-state index in [1.165, 1.54) is 12.1 Å². The van der Waals surface area contributed by atoms with Gasteiger partial charge in [-0.25, -0.2) is 13.8 Å². The van der Waals surface area contributed by atoms with Gasteiger partial charge in [0.2, 0.25) is 0 Å². The van der Waals surface area contributed by atoms with Crippen molar-refractivity contribution in [2.75, 3.05) is 36.0 Å². The molecule has 1 saturated heterocycles. The predicted molar refractivity (Wildman–Crippen MR) is 84.8 cm³/mol. The van der Waals surface area contributed by atoms with Crippen LogP contribution < -0.4 is 9.80 Å². The lowest BCUT2D eigenvalue weighted by atomic mass is 10.1. The van der Waals surface area contributed by atoms with Crippen LogP contribution in [-0.2, 0) is 6.18 Å². The van der Waals surface area contributed by atoms with Gasteiger partial charge in [-0.3, -0.25) is 0 Å². The van der Waals surface area contributed by atoms with Crippen LogP contribution in [0.4, 0.5) is 33.5 Å². The minimum absolute atomic E-state index is 0.318. The smallest absolute Gasteiger partial charge is 0.366 e. The largest absolute Gasteiger partial charge is 0.417 e. The van der Waals surface area contributed by atoms with Crippen LogP contribution in [-0.4, -0.2) is 31.2 Å². The number of pyridine rings is 1. The highest BCUT2D eigenvalue weighted by molar-refractivity contribution is 5.53. The highest BCUT2D eigenvalue weighted by Gasteiger charge is 2.32. The number of piperazine rings is 1. The van der Waals surface area contributed by atoms with E-state index < -0.39 is 23.4 Å². The molecule has 0 amide bonds. The first-order valence-corrected chi connectivity index (χ1v) is 7.74. The number of anilines is 2. The first-order valence-electron chi connectivity index (χ1n) is 7.74. The summed E-state index contributed by atoms with van der Waals surface area (Å²) in [7, 11) is 0. The quantitative estimate of drug-likeness (QED) is 0.757. The highest BCUT2D eigenvalue weighted by Crippen LogP contribution is 2.31. The molecule has 1 aliphatic rings. The summed E-state index contributed by atoms with van der Waals surface area (Å²) in [6, 6.07) is 4.51. The van der Waals surface area contributed by atoms with Gasteiger partial charge in [-0.2, -0.15) is 13.2 Å². The third-order valence-electron chi connectivity index (χ3n) is 4.21. The SMILES string of the molecule is Cc1cc(C(F)(F)F)cnc1N1CCN(c2ccc(F)cc2F)CC1. The standard InChI is InChI=1S/C17H16F5N3/c1-11-8-12(17(20,21)22)10-23-16(11)25-6-4-24(5-7-25)15-3-2-13(18)9-14(15)19/h2-3,8-10H,4-7H2,1H3. The average molecular weight is 357 g/mol. The molecular weight excluding hydrogens is 341 g/mol. The summed E-state index contributed by atoms with van der Waals surface area (Å²) in [5.74, 6) is -0.769. The van der Waals surface area contributed by atoms with Gasteiger partial charge < -0.3 is 9.80 Å². The number of hydrogen-bond donors (Lipinski definition) is 0. The van der Waals surface area contributed by atoms with E-state index in [9.17, 15) is 22.0 Å². The van der Waals surface area contributed by atoms with Gasteiger partial charge in [-0.1, -0.05) is 0 Å². The van der Waals surface area contributed by atoms with Crippen molar-refractivity contribution in [2.45, 2.75) is 13.1 Å². The number of alkyl halides is 3. The van der Waals surface area contributed by atoms with E-state index in [1.54, 1.807) is 11.8 Å². The Kier molecular flexibility index (Phi) is 4.53. The predicted octanol–water partition coefficient (Wildman–Crippen LogP) is 4.01. The van der Waals surface area contributed by atoms with E-state index in [1.807, 2.05) is 4.90 Å². The maximum atomic E-state index is 13.9. The van der Waals surface area contributed by atoms with E-state index in [0.717, 1.165) is 18.3 Å². The summed E-state index contributed by atoms with van der Waals surface area (Å²) in [5.41, 5.74) is -0.0184. The molecule has 3 rings (SSSR count). The molecule has 2 aromatic rings. The van der Waals surface area contributed by atoms with Gasteiger partial charge in [0.05, 0.1) is 11.3 Å². The fourth-order valence-corrected chi connectivity index (χ4v) is 2.95.